The predicted molar refractivity (Wildman–Crippen MR) is 106 cm³/mol. The Balaban J connectivity index is 1.73. The number of ether oxygens (including phenoxy) is 2. The zero-order valence-corrected chi connectivity index (χ0v) is 16.5. The zero-order chi connectivity index (χ0) is 20.1. The van der Waals surface area contributed by atoms with Gasteiger partial charge in [0.25, 0.3) is 5.91 Å². The number of nitrogens with one attached hydrogen (secondary N) is 1. The molecule has 0 aliphatic heterocycles. The van der Waals surface area contributed by atoms with Gasteiger partial charge in [0.15, 0.2) is 5.69 Å². The van der Waals surface area contributed by atoms with Crippen molar-refractivity contribution in [3.05, 3.63) is 76.7 Å². The molecule has 1 unspecified atom stereocenters. The topological polar surface area (TPSA) is 73.6 Å². The van der Waals surface area contributed by atoms with Crippen molar-refractivity contribution in [2.24, 2.45) is 0 Å². The highest BCUT2D eigenvalue weighted by Gasteiger charge is 2.22. The first-order valence-electron chi connectivity index (χ1n) is 9.08. The highest BCUT2D eigenvalue weighted by atomic mass is 16.5. The lowest BCUT2D eigenvalue weighted by Gasteiger charge is -2.15. The number of para-hydroxylation sites is 1. The highest BCUT2D eigenvalue weighted by Crippen LogP contribution is 2.22. The Morgan fingerprint density at radius 3 is 2.71 bits per heavy atom. The van der Waals surface area contributed by atoms with Crippen LogP contribution in [0.1, 0.15) is 45.9 Å². The van der Waals surface area contributed by atoms with Crippen LogP contribution in [0, 0.1) is 13.8 Å². The minimum atomic E-state index is -0.310. The van der Waals surface area contributed by atoms with E-state index < -0.39 is 0 Å². The van der Waals surface area contributed by atoms with E-state index in [0.717, 1.165) is 22.6 Å². The molecule has 0 fully saturated rings. The van der Waals surface area contributed by atoms with Crippen LogP contribution in [0.15, 0.2) is 53.1 Å². The van der Waals surface area contributed by atoms with Crippen LogP contribution >= 0.6 is 0 Å². The van der Waals surface area contributed by atoms with Crippen LogP contribution in [-0.4, -0.2) is 18.2 Å². The Morgan fingerprint density at radius 2 is 1.96 bits per heavy atom. The highest BCUT2D eigenvalue weighted by molar-refractivity contribution is 5.94. The van der Waals surface area contributed by atoms with E-state index in [4.69, 9.17) is 14.0 Å². The molecule has 1 heterocycles. The average molecular weight is 380 g/mol. The smallest absolute Gasteiger partial charge is 0.274 e. The fourth-order valence-electron chi connectivity index (χ4n) is 2.87. The second-order valence-corrected chi connectivity index (χ2v) is 6.59. The maximum absolute atomic E-state index is 12.8. The molecule has 0 saturated heterocycles. The molecule has 1 N–H and O–H groups in total. The van der Waals surface area contributed by atoms with Crippen molar-refractivity contribution >= 4 is 5.91 Å². The maximum atomic E-state index is 12.8. The molecule has 0 saturated carbocycles. The number of aromatic nitrogens is 1. The van der Waals surface area contributed by atoms with Gasteiger partial charge in [-0.1, -0.05) is 35.5 Å². The van der Waals surface area contributed by atoms with Gasteiger partial charge in [-0.25, -0.2) is 0 Å². The lowest BCUT2D eigenvalue weighted by molar-refractivity contribution is 0.0928. The molecule has 0 bridgehead atoms. The number of hydrogen-bond donors (Lipinski definition) is 1. The summed E-state index contributed by atoms with van der Waals surface area (Å²) in [4.78, 5) is 12.8. The first-order valence-corrected chi connectivity index (χ1v) is 9.08. The second kappa shape index (κ2) is 8.61. The molecule has 146 valence electrons. The summed E-state index contributed by atoms with van der Waals surface area (Å²) in [5.74, 6) is 1.76. The fourth-order valence-corrected chi connectivity index (χ4v) is 2.87. The normalized spacial score (nSPS) is 11.7. The van der Waals surface area contributed by atoms with Crippen molar-refractivity contribution < 1.29 is 18.8 Å². The fraction of sp³-hybridized carbons (Fsp3) is 0.273. The number of carbonyl (C=O) groups is 1. The van der Waals surface area contributed by atoms with Crippen molar-refractivity contribution in [3.8, 4) is 11.5 Å². The third-order valence-electron chi connectivity index (χ3n) is 4.61. The quantitative estimate of drug-likeness (QED) is 0.659. The van der Waals surface area contributed by atoms with E-state index in [-0.39, 0.29) is 24.2 Å². The van der Waals surface area contributed by atoms with Gasteiger partial charge < -0.3 is 19.3 Å². The van der Waals surface area contributed by atoms with Crippen molar-refractivity contribution in [1.29, 1.82) is 0 Å². The SMILES string of the molecule is COc1cccc(C(C)NC(=O)c2noc(C)c2COc2ccccc2C)c1. The molecular weight excluding hydrogens is 356 g/mol. The minimum Gasteiger partial charge on any atom is -0.497 e. The van der Waals surface area contributed by atoms with E-state index >= 15 is 0 Å². The molecule has 6 nitrogen and oxygen atoms in total. The lowest BCUT2D eigenvalue weighted by atomic mass is 10.1. The Morgan fingerprint density at radius 1 is 1.18 bits per heavy atom. The number of amides is 1. The van der Waals surface area contributed by atoms with E-state index in [9.17, 15) is 4.79 Å². The van der Waals surface area contributed by atoms with Crippen LogP contribution in [-0.2, 0) is 6.61 Å². The molecule has 6 heteroatoms. The molecule has 0 aliphatic carbocycles. The van der Waals surface area contributed by atoms with Gasteiger partial charge in [-0.3, -0.25) is 4.79 Å². The molecule has 1 aromatic heterocycles. The van der Waals surface area contributed by atoms with Crippen LogP contribution < -0.4 is 14.8 Å². The Hall–Kier alpha value is -3.28. The van der Waals surface area contributed by atoms with Crippen molar-refractivity contribution in [3.63, 3.8) is 0 Å². The predicted octanol–water partition coefficient (Wildman–Crippen LogP) is 4.37. The van der Waals surface area contributed by atoms with Crippen molar-refractivity contribution in [2.45, 2.75) is 33.4 Å². The van der Waals surface area contributed by atoms with Gasteiger partial charge in [-0.05, 0) is 50.1 Å². The third-order valence-corrected chi connectivity index (χ3v) is 4.61. The second-order valence-electron chi connectivity index (χ2n) is 6.59. The van der Waals surface area contributed by atoms with Gasteiger partial charge in [0.05, 0.1) is 18.7 Å². The number of methoxy groups -OCH3 is 1. The lowest BCUT2D eigenvalue weighted by Crippen LogP contribution is -2.28. The molecule has 28 heavy (non-hydrogen) atoms. The van der Waals surface area contributed by atoms with E-state index in [1.54, 1.807) is 14.0 Å². The van der Waals surface area contributed by atoms with Gasteiger partial charge in [0.1, 0.15) is 23.9 Å². The van der Waals surface area contributed by atoms with Gasteiger partial charge in [0, 0.05) is 0 Å². The summed E-state index contributed by atoms with van der Waals surface area (Å²) in [5, 5.41) is 6.89. The van der Waals surface area contributed by atoms with Crippen molar-refractivity contribution in [2.75, 3.05) is 7.11 Å². The van der Waals surface area contributed by atoms with E-state index in [1.165, 1.54) is 0 Å². The first-order chi connectivity index (χ1) is 13.5. The standard InChI is InChI=1S/C22H24N2O4/c1-14-8-5-6-11-20(14)27-13-19-16(3)28-24-21(19)22(25)23-15(2)17-9-7-10-18(12-17)26-4/h5-12,15H,13H2,1-4H3,(H,23,25). The Kier molecular flexibility index (Phi) is 5.99. The molecule has 2 aromatic carbocycles. The molecule has 3 rings (SSSR count). The number of hydrogen-bond acceptors (Lipinski definition) is 5. The minimum absolute atomic E-state index is 0.205. The largest absolute Gasteiger partial charge is 0.497 e. The number of carbonyl (C=O) groups excluding carboxylic acids is 1. The summed E-state index contributed by atoms with van der Waals surface area (Å²) < 4.78 is 16.4. The van der Waals surface area contributed by atoms with Crippen LogP contribution in [0.4, 0.5) is 0 Å². The molecule has 0 aliphatic rings. The number of benzene rings is 2. The van der Waals surface area contributed by atoms with Gasteiger partial charge >= 0.3 is 0 Å². The van der Waals surface area contributed by atoms with Crippen LogP contribution in [0.2, 0.25) is 0 Å². The monoisotopic (exact) mass is 380 g/mol. The number of aryl methyl sites for hydroxylation is 2. The number of nitrogens with zero attached hydrogens (tertiary/aromatic N) is 1. The van der Waals surface area contributed by atoms with E-state index in [0.29, 0.717) is 11.3 Å². The molecule has 1 atom stereocenters. The molecule has 1 amide bonds. The number of rotatable bonds is 7. The summed E-state index contributed by atoms with van der Waals surface area (Å²) in [6.45, 7) is 5.85. The Bertz CT molecular complexity index is 965. The Labute approximate surface area is 164 Å². The van der Waals surface area contributed by atoms with Crippen LogP contribution in [0.5, 0.6) is 11.5 Å². The first kappa shape index (κ1) is 19.5. The average Bonchev–Trinajstić information content (AvgIpc) is 3.08. The molecule has 0 spiro atoms. The van der Waals surface area contributed by atoms with Gasteiger partial charge in [-0.15, -0.1) is 0 Å². The summed E-state index contributed by atoms with van der Waals surface area (Å²) in [6, 6.07) is 15.1. The summed E-state index contributed by atoms with van der Waals surface area (Å²) >= 11 is 0. The molecule has 3 aromatic rings. The van der Waals surface area contributed by atoms with E-state index in [1.807, 2.05) is 62.4 Å². The zero-order valence-electron chi connectivity index (χ0n) is 16.5. The van der Waals surface area contributed by atoms with Crippen molar-refractivity contribution in [1.82, 2.24) is 10.5 Å². The molecular formula is C22H24N2O4. The third kappa shape index (κ3) is 4.34. The van der Waals surface area contributed by atoms with Gasteiger partial charge in [-0.2, -0.15) is 0 Å². The van der Waals surface area contributed by atoms with Gasteiger partial charge in [0.2, 0.25) is 0 Å². The summed E-state index contributed by atoms with van der Waals surface area (Å²) in [6.07, 6.45) is 0. The van der Waals surface area contributed by atoms with E-state index in [2.05, 4.69) is 10.5 Å². The molecule has 0 radical (unpaired) electrons. The van der Waals surface area contributed by atoms with Crippen LogP contribution in [0.3, 0.4) is 0 Å². The summed E-state index contributed by atoms with van der Waals surface area (Å²) in [7, 11) is 1.61. The summed E-state index contributed by atoms with van der Waals surface area (Å²) in [5.41, 5.74) is 2.83. The van der Waals surface area contributed by atoms with Crippen LogP contribution in [0.25, 0.3) is 0 Å². The maximum Gasteiger partial charge on any atom is 0.274 e.